The second-order valence-corrected chi connectivity index (χ2v) is 8.95. The van der Waals surface area contributed by atoms with E-state index in [4.69, 9.17) is 0 Å². The van der Waals surface area contributed by atoms with Gasteiger partial charge in [0.2, 0.25) is 11.8 Å². The number of carbonyl (C=O) groups is 2. The molecule has 0 aliphatic carbocycles. The second kappa shape index (κ2) is 11.7. The van der Waals surface area contributed by atoms with Gasteiger partial charge in [0.25, 0.3) is 0 Å². The molecule has 0 aromatic heterocycles. The van der Waals surface area contributed by atoms with E-state index in [0.29, 0.717) is 6.54 Å². The van der Waals surface area contributed by atoms with Crippen molar-refractivity contribution in [3.05, 3.63) is 59.7 Å². The molecule has 0 saturated heterocycles. The third-order valence-corrected chi connectivity index (χ3v) is 6.06. The van der Waals surface area contributed by atoms with Crippen LogP contribution in [0, 0.1) is 11.8 Å². The summed E-state index contributed by atoms with van der Waals surface area (Å²) in [6.45, 7) is 10.5. The fourth-order valence-corrected chi connectivity index (χ4v) is 3.89. The molecule has 0 bridgehead atoms. The molecule has 2 aromatic carbocycles. The van der Waals surface area contributed by atoms with Gasteiger partial charge in [-0.15, -0.1) is 0 Å². The van der Waals surface area contributed by atoms with E-state index in [1.54, 1.807) is 0 Å². The molecule has 2 aromatic rings. The predicted molar refractivity (Wildman–Crippen MR) is 134 cm³/mol. The molecule has 0 saturated carbocycles. The van der Waals surface area contributed by atoms with Crippen molar-refractivity contribution in [3.63, 3.8) is 0 Å². The summed E-state index contributed by atoms with van der Waals surface area (Å²) in [5, 5.41) is 3.00. The quantitative estimate of drug-likeness (QED) is 0.505. The summed E-state index contributed by atoms with van der Waals surface area (Å²) in [6, 6.07) is 16.0. The fraction of sp³-hybridized carbons (Fsp3) is 0.481. The van der Waals surface area contributed by atoms with E-state index >= 15 is 0 Å². The minimum absolute atomic E-state index is 0.00667. The zero-order chi connectivity index (χ0) is 23.8. The maximum Gasteiger partial charge on any atom is 0.226 e. The number of amides is 2. The highest BCUT2D eigenvalue weighted by molar-refractivity contribution is 5.92. The molecular weight excluding hydrogens is 398 g/mol. The summed E-state index contributed by atoms with van der Waals surface area (Å²) < 4.78 is 0. The van der Waals surface area contributed by atoms with Crippen LogP contribution in [0.3, 0.4) is 0 Å². The Bertz CT molecular complexity index is 889. The molecule has 2 rings (SSSR count). The Morgan fingerprint density at radius 3 is 2.09 bits per heavy atom. The summed E-state index contributed by atoms with van der Waals surface area (Å²) in [4.78, 5) is 29.9. The number of benzene rings is 2. The first kappa shape index (κ1) is 25.4. The van der Waals surface area contributed by atoms with Gasteiger partial charge < -0.3 is 15.1 Å². The minimum Gasteiger partial charge on any atom is -0.377 e. The normalized spacial score (nSPS) is 12.0. The van der Waals surface area contributed by atoms with Crippen molar-refractivity contribution in [1.29, 1.82) is 0 Å². The van der Waals surface area contributed by atoms with Gasteiger partial charge in [-0.1, -0.05) is 58.0 Å². The van der Waals surface area contributed by atoms with Crippen molar-refractivity contribution in [2.75, 3.05) is 24.3 Å². The van der Waals surface area contributed by atoms with E-state index in [-0.39, 0.29) is 29.7 Å². The number of carbonyl (C=O) groups excluding carboxylic acids is 2. The number of anilines is 2. The Labute approximate surface area is 193 Å². The molecule has 174 valence electrons. The number of hydrogen-bond acceptors (Lipinski definition) is 3. The van der Waals surface area contributed by atoms with Crippen LogP contribution in [0.2, 0.25) is 0 Å². The fourth-order valence-electron chi connectivity index (χ4n) is 3.89. The highest BCUT2D eigenvalue weighted by atomic mass is 16.2. The van der Waals surface area contributed by atoms with E-state index in [1.165, 1.54) is 0 Å². The molecule has 1 unspecified atom stereocenters. The van der Waals surface area contributed by atoms with E-state index in [9.17, 15) is 9.59 Å². The summed E-state index contributed by atoms with van der Waals surface area (Å²) in [5.41, 5.74) is 3.92. The van der Waals surface area contributed by atoms with Crippen LogP contribution in [0.25, 0.3) is 0 Å². The Morgan fingerprint density at radius 2 is 1.56 bits per heavy atom. The van der Waals surface area contributed by atoms with Crippen molar-refractivity contribution in [2.24, 2.45) is 11.8 Å². The van der Waals surface area contributed by atoms with E-state index in [0.717, 1.165) is 35.3 Å². The number of nitrogens with zero attached hydrogens (tertiary/aromatic N) is 2. The van der Waals surface area contributed by atoms with Gasteiger partial charge in [0, 0.05) is 43.9 Å². The standard InChI is InChI=1S/C27H39N3O2/c1-8-21(9-2)27(32)30(20(5)22-13-11-10-12-14-22)18-23-17-24(28-26(31)19(3)4)15-16-25(23)29(6)7/h10-17,19-21H,8-9,18H2,1-7H3,(H,28,31). The molecule has 32 heavy (non-hydrogen) atoms. The lowest BCUT2D eigenvalue weighted by atomic mass is 9.98. The molecule has 0 spiro atoms. The highest BCUT2D eigenvalue weighted by Crippen LogP contribution is 2.30. The maximum atomic E-state index is 13.6. The van der Waals surface area contributed by atoms with Crippen LogP contribution in [-0.4, -0.2) is 30.8 Å². The Balaban J connectivity index is 2.48. The van der Waals surface area contributed by atoms with Crippen LogP contribution in [0.5, 0.6) is 0 Å². The van der Waals surface area contributed by atoms with Gasteiger partial charge in [0.15, 0.2) is 0 Å². The van der Waals surface area contributed by atoms with E-state index in [2.05, 4.69) is 43.1 Å². The largest absolute Gasteiger partial charge is 0.377 e. The van der Waals surface area contributed by atoms with Gasteiger partial charge in [0.1, 0.15) is 0 Å². The van der Waals surface area contributed by atoms with Crippen LogP contribution in [-0.2, 0) is 16.1 Å². The molecule has 0 fully saturated rings. The zero-order valence-electron chi connectivity index (χ0n) is 20.7. The Kier molecular flexibility index (Phi) is 9.30. The van der Waals surface area contributed by atoms with Gasteiger partial charge in [-0.2, -0.15) is 0 Å². The zero-order valence-corrected chi connectivity index (χ0v) is 20.7. The predicted octanol–water partition coefficient (Wildman–Crippen LogP) is 5.87. The van der Waals surface area contributed by atoms with E-state index < -0.39 is 0 Å². The Hall–Kier alpha value is -2.82. The summed E-state index contributed by atoms with van der Waals surface area (Å²) in [6.07, 6.45) is 1.64. The first-order chi connectivity index (χ1) is 15.2. The molecule has 0 heterocycles. The number of nitrogens with one attached hydrogen (secondary N) is 1. The van der Waals surface area contributed by atoms with Crippen molar-refractivity contribution in [2.45, 2.75) is 60.0 Å². The molecule has 2 amide bonds. The average molecular weight is 438 g/mol. The summed E-state index contributed by atoms with van der Waals surface area (Å²) >= 11 is 0. The lowest BCUT2D eigenvalue weighted by Gasteiger charge is -2.34. The highest BCUT2D eigenvalue weighted by Gasteiger charge is 2.27. The molecule has 5 heteroatoms. The van der Waals surface area contributed by atoms with Crippen molar-refractivity contribution in [3.8, 4) is 0 Å². The third kappa shape index (κ3) is 6.35. The molecule has 1 N–H and O–H groups in total. The SMILES string of the molecule is CCC(CC)C(=O)N(Cc1cc(NC(=O)C(C)C)ccc1N(C)C)C(C)c1ccccc1. The lowest BCUT2D eigenvalue weighted by molar-refractivity contribution is -0.138. The van der Waals surface area contributed by atoms with Gasteiger partial charge in [0.05, 0.1) is 6.04 Å². The van der Waals surface area contributed by atoms with Crippen molar-refractivity contribution in [1.82, 2.24) is 4.90 Å². The monoisotopic (exact) mass is 437 g/mol. The smallest absolute Gasteiger partial charge is 0.226 e. The molecule has 1 atom stereocenters. The lowest BCUT2D eigenvalue weighted by Crippen LogP contribution is -2.37. The second-order valence-electron chi connectivity index (χ2n) is 8.95. The molecule has 0 aliphatic rings. The van der Waals surface area contributed by atoms with E-state index in [1.807, 2.05) is 69.2 Å². The van der Waals surface area contributed by atoms with Gasteiger partial charge in [-0.25, -0.2) is 0 Å². The van der Waals surface area contributed by atoms with Gasteiger partial charge in [-0.05, 0) is 49.1 Å². The number of hydrogen-bond donors (Lipinski definition) is 1. The van der Waals surface area contributed by atoms with Gasteiger partial charge >= 0.3 is 0 Å². The topological polar surface area (TPSA) is 52.7 Å². The van der Waals surface area contributed by atoms with Crippen LogP contribution in [0.4, 0.5) is 11.4 Å². The maximum absolute atomic E-state index is 13.6. The molecule has 0 radical (unpaired) electrons. The number of rotatable bonds is 10. The van der Waals surface area contributed by atoms with Crippen LogP contribution in [0.1, 0.15) is 64.6 Å². The first-order valence-corrected chi connectivity index (χ1v) is 11.7. The molecular formula is C27H39N3O2. The van der Waals surface area contributed by atoms with Gasteiger partial charge in [-0.3, -0.25) is 9.59 Å². The minimum atomic E-state index is -0.0991. The Morgan fingerprint density at radius 1 is 0.938 bits per heavy atom. The van der Waals surface area contributed by atoms with Crippen LogP contribution >= 0.6 is 0 Å². The average Bonchev–Trinajstić information content (AvgIpc) is 2.78. The van der Waals surface area contributed by atoms with Crippen molar-refractivity contribution < 1.29 is 9.59 Å². The van der Waals surface area contributed by atoms with Crippen molar-refractivity contribution >= 4 is 23.2 Å². The summed E-state index contributed by atoms with van der Waals surface area (Å²) in [7, 11) is 4.00. The first-order valence-electron chi connectivity index (χ1n) is 11.7. The molecule has 0 aliphatic heterocycles. The molecule has 5 nitrogen and oxygen atoms in total. The third-order valence-electron chi connectivity index (χ3n) is 6.06. The van der Waals surface area contributed by atoms with Crippen LogP contribution in [0.15, 0.2) is 48.5 Å². The van der Waals surface area contributed by atoms with Crippen LogP contribution < -0.4 is 10.2 Å². The summed E-state index contributed by atoms with van der Waals surface area (Å²) in [5.74, 6) is 0.0506.